The van der Waals surface area contributed by atoms with Gasteiger partial charge in [0.1, 0.15) is 6.10 Å². The van der Waals surface area contributed by atoms with Crippen molar-refractivity contribution < 1.29 is 14.6 Å². The van der Waals surface area contributed by atoms with Gasteiger partial charge >= 0.3 is 5.97 Å². The molecule has 0 aromatic carbocycles. The van der Waals surface area contributed by atoms with Crippen LogP contribution < -0.4 is 0 Å². The molecule has 1 N–H and O–H groups in total. The van der Waals surface area contributed by atoms with Gasteiger partial charge < -0.3 is 9.84 Å². The third-order valence-electron chi connectivity index (χ3n) is 7.85. The number of hydrogen-bond acceptors (Lipinski definition) is 3. The third-order valence-corrected chi connectivity index (χ3v) is 7.85. The van der Waals surface area contributed by atoms with E-state index in [4.69, 9.17) is 11.2 Å². The quantitative estimate of drug-likeness (QED) is 0.629. The van der Waals surface area contributed by atoms with Gasteiger partial charge in [0.15, 0.2) is 0 Å². The molecule has 0 spiro atoms. The molecule has 3 heteroatoms. The summed E-state index contributed by atoms with van der Waals surface area (Å²) < 4.78 is 5.69. The monoisotopic (exact) mass is 332 g/mol. The highest BCUT2D eigenvalue weighted by Gasteiger charge is 2.60. The standard InChI is InChI=1S/C21H32O3/c1-5-6-12-20(3)17-11-13-21(4)16(15(17)7-9-18(20)23)8-10-19(21)24-14(2)22/h1,15-19,23H,6-13H2,2-4H3/t15?,16?,17?,18-,19-,20+,21-/m0/s1. The Morgan fingerprint density at radius 3 is 2.62 bits per heavy atom. The summed E-state index contributed by atoms with van der Waals surface area (Å²) >= 11 is 0. The van der Waals surface area contributed by atoms with Crippen molar-refractivity contribution in [3.05, 3.63) is 0 Å². The van der Waals surface area contributed by atoms with Crippen LogP contribution in [0, 0.1) is 40.9 Å². The van der Waals surface area contributed by atoms with Gasteiger partial charge in [-0.3, -0.25) is 4.79 Å². The lowest BCUT2D eigenvalue weighted by Gasteiger charge is -2.57. The number of carbonyl (C=O) groups is 1. The summed E-state index contributed by atoms with van der Waals surface area (Å²) in [6.07, 6.45) is 13.4. The van der Waals surface area contributed by atoms with E-state index in [9.17, 15) is 9.90 Å². The molecule has 0 saturated heterocycles. The van der Waals surface area contributed by atoms with Gasteiger partial charge in [-0.2, -0.15) is 0 Å². The fraction of sp³-hybridized carbons (Fsp3) is 0.857. The molecule has 3 aliphatic rings. The smallest absolute Gasteiger partial charge is 0.302 e. The zero-order valence-electron chi connectivity index (χ0n) is 15.4. The molecule has 3 nitrogen and oxygen atoms in total. The van der Waals surface area contributed by atoms with Crippen LogP contribution >= 0.6 is 0 Å². The average molecular weight is 332 g/mol. The Morgan fingerprint density at radius 2 is 1.96 bits per heavy atom. The van der Waals surface area contributed by atoms with Crippen molar-refractivity contribution in [2.75, 3.05) is 0 Å². The molecule has 3 saturated carbocycles. The van der Waals surface area contributed by atoms with Crippen molar-refractivity contribution in [1.82, 2.24) is 0 Å². The molecule has 0 amide bonds. The molecule has 0 radical (unpaired) electrons. The first-order chi connectivity index (χ1) is 11.3. The Balaban J connectivity index is 1.83. The van der Waals surface area contributed by atoms with E-state index in [1.807, 2.05) is 0 Å². The molecule has 3 fully saturated rings. The topological polar surface area (TPSA) is 46.5 Å². The van der Waals surface area contributed by atoms with Gasteiger partial charge in [0.2, 0.25) is 0 Å². The van der Waals surface area contributed by atoms with Crippen molar-refractivity contribution in [2.45, 2.75) is 84.3 Å². The van der Waals surface area contributed by atoms with Crippen molar-refractivity contribution >= 4 is 5.97 Å². The first-order valence-electron chi connectivity index (χ1n) is 9.61. The predicted molar refractivity (Wildman–Crippen MR) is 94.0 cm³/mol. The van der Waals surface area contributed by atoms with E-state index in [0.717, 1.165) is 51.4 Å². The molecule has 0 aromatic heterocycles. The number of hydrogen-bond donors (Lipinski definition) is 1. The highest BCUT2D eigenvalue weighted by Crippen LogP contribution is 2.64. The Kier molecular flexibility index (Phi) is 4.73. The lowest BCUT2D eigenvalue weighted by molar-refractivity contribution is -0.163. The molecule has 24 heavy (non-hydrogen) atoms. The summed E-state index contributed by atoms with van der Waals surface area (Å²) in [4.78, 5) is 11.5. The molecule has 3 aliphatic carbocycles. The largest absolute Gasteiger partial charge is 0.462 e. The Morgan fingerprint density at radius 1 is 1.21 bits per heavy atom. The SMILES string of the molecule is C#CCC[C@]1(C)C2CC[C@@]3(C)C(CC[C@@H]3OC(C)=O)C2CC[C@@H]1O. The van der Waals surface area contributed by atoms with Gasteiger partial charge in [0.05, 0.1) is 6.10 Å². The maximum Gasteiger partial charge on any atom is 0.302 e. The van der Waals surface area contributed by atoms with Gasteiger partial charge in [0, 0.05) is 18.8 Å². The van der Waals surface area contributed by atoms with Crippen LogP contribution in [0.15, 0.2) is 0 Å². The van der Waals surface area contributed by atoms with E-state index in [1.54, 1.807) is 0 Å². The van der Waals surface area contributed by atoms with E-state index in [2.05, 4.69) is 19.8 Å². The Labute approximate surface area is 146 Å². The van der Waals surface area contributed by atoms with Gasteiger partial charge in [-0.25, -0.2) is 0 Å². The maximum atomic E-state index is 11.5. The summed E-state index contributed by atoms with van der Waals surface area (Å²) in [5.74, 6) is 4.41. The van der Waals surface area contributed by atoms with Crippen LogP contribution in [0.1, 0.15) is 72.1 Å². The van der Waals surface area contributed by atoms with Gasteiger partial charge in [0.25, 0.3) is 0 Å². The minimum Gasteiger partial charge on any atom is -0.462 e. The van der Waals surface area contributed by atoms with E-state index in [0.29, 0.717) is 17.8 Å². The molecule has 0 heterocycles. The zero-order chi connectivity index (χ0) is 17.5. The Bertz CT molecular complexity index is 536. The second kappa shape index (κ2) is 6.37. The number of fused-ring (bicyclic) bond motifs is 3. The fourth-order valence-electron chi connectivity index (χ4n) is 6.48. The molecule has 3 rings (SSSR count). The minimum absolute atomic E-state index is 0.0594. The molecule has 0 aromatic rings. The minimum atomic E-state index is -0.234. The van der Waals surface area contributed by atoms with Gasteiger partial charge in [-0.05, 0) is 68.1 Å². The summed E-state index contributed by atoms with van der Waals surface area (Å²) in [6, 6.07) is 0. The van der Waals surface area contributed by atoms with Gasteiger partial charge in [-0.1, -0.05) is 13.8 Å². The Hall–Kier alpha value is -1.01. The molecular weight excluding hydrogens is 300 g/mol. The van der Waals surface area contributed by atoms with E-state index in [-0.39, 0.29) is 29.0 Å². The van der Waals surface area contributed by atoms with Crippen molar-refractivity contribution in [1.29, 1.82) is 0 Å². The molecule has 0 bridgehead atoms. The summed E-state index contributed by atoms with van der Waals surface area (Å²) in [5.41, 5.74) is 0.0539. The summed E-state index contributed by atoms with van der Waals surface area (Å²) in [6.45, 7) is 6.11. The van der Waals surface area contributed by atoms with Crippen LogP contribution in [0.3, 0.4) is 0 Å². The van der Waals surface area contributed by atoms with Crippen molar-refractivity contribution in [3.8, 4) is 12.3 Å². The first kappa shape index (κ1) is 17.8. The molecule has 7 atom stereocenters. The molecule has 134 valence electrons. The number of ether oxygens (including phenoxy) is 1. The van der Waals surface area contributed by atoms with E-state index in [1.165, 1.54) is 6.92 Å². The number of aliphatic hydroxyl groups excluding tert-OH is 1. The van der Waals surface area contributed by atoms with Crippen molar-refractivity contribution in [2.24, 2.45) is 28.6 Å². The first-order valence-corrected chi connectivity index (χ1v) is 9.61. The predicted octanol–water partition coefficient (Wildman–Crippen LogP) is 3.94. The zero-order valence-corrected chi connectivity index (χ0v) is 15.4. The summed E-state index contributed by atoms with van der Waals surface area (Å²) in [5, 5.41) is 10.7. The fourth-order valence-corrected chi connectivity index (χ4v) is 6.48. The number of terminal acetylenes is 1. The highest BCUT2D eigenvalue weighted by atomic mass is 16.5. The van der Waals surface area contributed by atoms with Crippen LogP contribution in [-0.4, -0.2) is 23.3 Å². The van der Waals surface area contributed by atoms with Crippen LogP contribution in [0.25, 0.3) is 0 Å². The van der Waals surface area contributed by atoms with Crippen LogP contribution in [0.4, 0.5) is 0 Å². The summed E-state index contributed by atoms with van der Waals surface area (Å²) in [7, 11) is 0. The normalized spacial score (nSPS) is 47.4. The van der Waals surface area contributed by atoms with Crippen LogP contribution in [0.2, 0.25) is 0 Å². The maximum absolute atomic E-state index is 11.5. The number of carbonyl (C=O) groups excluding carboxylic acids is 1. The van der Waals surface area contributed by atoms with Gasteiger partial charge in [-0.15, -0.1) is 12.3 Å². The molecular formula is C21H32O3. The number of rotatable bonds is 3. The lowest BCUT2D eigenvalue weighted by atomic mass is 9.48. The molecule has 3 unspecified atom stereocenters. The van der Waals surface area contributed by atoms with Crippen LogP contribution in [0.5, 0.6) is 0 Å². The third kappa shape index (κ3) is 2.68. The van der Waals surface area contributed by atoms with E-state index >= 15 is 0 Å². The second-order valence-electron chi connectivity index (χ2n) is 8.90. The number of esters is 1. The average Bonchev–Trinajstić information content (AvgIpc) is 2.85. The number of aliphatic hydroxyl groups is 1. The van der Waals surface area contributed by atoms with E-state index < -0.39 is 0 Å². The van der Waals surface area contributed by atoms with Crippen molar-refractivity contribution in [3.63, 3.8) is 0 Å². The highest BCUT2D eigenvalue weighted by molar-refractivity contribution is 5.66. The molecule has 0 aliphatic heterocycles. The van der Waals surface area contributed by atoms with Crippen LogP contribution in [-0.2, 0) is 9.53 Å². The second-order valence-corrected chi connectivity index (χ2v) is 8.90. The lowest BCUT2D eigenvalue weighted by Crippen LogP contribution is -2.54.